The van der Waals surface area contributed by atoms with E-state index in [2.05, 4.69) is 9.72 Å². The first kappa shape index (κ1) is 14.8. The molecule has 0 atom stereocenters. The zero-order valence-electron chi connectivity index (χ0n) is 10.5. The van der Waals surface area contributed by atoms with Crippen molar-refractivity contribution in [2.45, 2.75) is 12.8 Å². The van der Waals surface area contributed by atoms with Gasteiger partial charge < -0.3 is 4.74 Å². The van der Waals surface area contributed by atoms with E-state index in [1.165, 1.54) is 18.3 Å². The molecule has 0 aliphatic rings. The van der Waals surface area contributed by atoms with Gasteiger partial charge in [-0.2, -0.15) is 9.65 Å². The normalized spacial score (nSPS) is 11.0. The fourth-order valence-electron chi connectivity index (χ4n) is 1.80. The maximum Gasteiger partial charge on any atom is 0.573 e. The zero-order valence-corrected chi connectivity index (χ0v) is 10.5. The number of halogens is 4. The van der Waals surface area contributed by atoms with Crippen LogP contribution in [0.2, 0.25) is 0 Å². The first-order valence-corrected chi connectivity index (χ1v) is 5.76. The molecule has 0 N–H and O–H groups in total. The third-order valence-electron chi connectivity index (χ3n) is 2.62. The summed E-state index contributed by atoms with van der Waals surface area (Å²) in [6, 6.07) is 8.07. The first-order valence-electron chi connectivity index (χ1n) is 5.76. The lowest BCUT2D eigenvalue weighted by atomic mass is 10.0. The highest BCUT2D eigenvalue weighted by Crippen LogP contribution is 2.28. The quantitative estimate of drug-likeness (QED) is 0.638. The van der Waals surface area contributed by atoms with E-state index in [1.807, 2.05) is 6.07 Å². The van der Waals surface area contributed by atoms with Crippen molar-refractivity contribution in [3.63, 3.8) is 0 Å². The van der Waals surface area contributed by atoms with Gasteiger partial charge in [0.1, 0.15) is 5.75 Å². The molecule has 0 spiro atoms. The highest BCUT2D eigenvalue weighted by molar-refractivity contribution is 5.67. The van der Waals surface area contributed by atoms with E-state index in [1.54, 1.807) is 0 Å². The lowest BCUT2D eigenvalue weighted by molar-refractivity contribution is -0.274. The monoisotopic (exact) mass is 296 g/mol. The van der Waals surface area contributed by atoms with E-state index in [-0.39, 0.29) is 12.2 Å². The summed E-state index contributed by atoms with van der Waals surface area (Å²) in [4.78, 5) is 3.49. The van der Waals surface area contributed by atoms with Gasteiger partial charge in [-0.3, -0.25) is 0 Å². The summed E-state index contributed by atoms with van der Waals surface area (Å²) in [7, 11) is 0. The predicted molar refractivity (Wildman–Crippen MR) is 65.6 cm³/mol. The average Bonchev–Trinajstić information content (AvgIpc) is 2.39. The van der Waals surface area contributed by atoms with E-state index >= 15 is 0 Å². The van der Waals surface area contributed by atoms with Crippen molar-refractivity contribution in [3.8, 4) is 22.9 Å². The summed E-state index contributed by atoms with van der Waals surface area (Å²) in [5.74, 6) is -1.08. The minimum Gasteiger partial charge on any atom is -0.406 e. The Morgan fingerprint density at radius 2 is 1.86 bits per heavy atom. The highest BCUT2D eigenvalue weighted by atomic mass is 19.4. The van der Waals surface area contributed by atoms with Crippen molar-refractivity contribution in [2.75, 3.05) is 0 Å². The minimum atomic E-state index is -4.76. The molecule has 0 radical (unpaired) electrons. The molecule has 0 saturated carbocycles. The van der Waals surface area contributed by atoms with Gasteiger partial charge in [0.2, 0.25) is 5.95 Å². The van der Waals surface area contributed by atoms with Gasteiger partial charge in [0.15, 0.2) is 0 Å². The van der Waals surface area contributed by atoms with E-state index in [0.29, 0.717) is 16.7 Å². The number of nitriles is 1. The summed E-state index contributed by atoms with van der Waals surface area (Å²) in [5, 5.41) is 8.72. The maximum absolute atomic E-state index is 13.1. The third kappa shape index (κ3) is 3.92. The number of nitrogens with zero attached hydrogens (tertiary/aromatic N) is 2. The number of pyridine rings is 1. The summed E-state index contributed by atoms with van der Waals surface area (Å²) in [5.41, 5.74) is 1.41. The maximum atomic E-state index is 13.1. The number of benzene rings is 1. The molecule has 21 heavy (non-hydrogen) atoms. The Kier molecular flexibility index (Phi) is 4.08. The average molecular weight is 296 g/mol. The summed E-state index contributed by atoms with van der Waals surface area (Å²) < 4.78 is 53.0. The molecular formula is C14H8F4N2O. The lowest BCUT2D eigenvalue weighted by Gasteiger charge is -2.10. The third-order valence-corrected chi connectivity index (χ3v) is 2.62. The molecule has 0 aliphatic carbocycles. The fourth-order valence-corrected chi connectivity index (χ4v) is 1.80. The number of hydrogen-bond acceptors (Lipinski definition) is 3. The Labute approximate surface area is 117 Å². The minimum absolute atomic E-state index is 0.0322. The number of hydrogen-bond donors (Lipinski definition) is 0. The molecule has 0 bridgehead atoms. The van der Waals surface area contributed by atoms with Gasteiger partial charge in [-0.1, -0.05) is 12.1 Å². The van der Waals surface area contributed by atoms with Gasteiger partial charge in [0.25, 0.3) is 0 Å². The molecule has 3 nitrogen and oxygen atoms in total. The smallest absolute Gasteiger partial charge is 0.406 e. The number of ether oxygens (including phenoxy) is 1. The van der Waals surface area contributed by atoms with Gasteiger partial charge >= 0.3 is 6.36 Å². The SMILES string of the molecule is N#CCc1cc(F)ncc1-c1ccc(OC(F)(F)F)cc1. The van der Waals surface area contributed by atoms with Crippen molar-refractivity contribution in [1.29, 1.82) is 5.26 Å². The molecule has 1 heterocycles. The summed E-state index contributed by atoms with van der Waals surface area (Å²) in [6.07, 6.45) is -3.55. The molecule has 0 saturated heterocycles. The van der Waals surface area contributed by atoms with Crippen LogP contribution in [0.25, 0.3) is 11.1 Å². The fraction of sp³-hybridized carbons (Fsp3) is 0.143. The molecule has 0 fully saturated rings. The molecule has 1 aromatic heterocycles. The van der Waals surface area contributed by atoms with Crippen LogP contribution in [0.4, 0.5) is 17.6 Å². The first-order chi connectivity index (χ1) is 9.89. The Morgan fingerprint density at radius 1 is 1.19 bits per heavy atom. The molecule has 0 aliphatic heterocycles. The molecule has 0 amide bonds. The molecular weight excluding hydrogens is 288 g/mol. The number of rotatable bonds is 3. The van der Waals surface area contributed by atoms with E-state index < -0.39 is 12.3 Å². The number of alkyl halides is 3. The Morgan fingerprint density at radius 3 is 2.43 bits per heavy atom. The number of aromatic nitrogens is 1. The van der Waals surface area contributed by atoms with Crippen LogP contribution in [-0.2, 0) is 6.42 Å². The van der Waals surface area contributed by atoms with E-state index in [0.717, 1.165) is 18.2 Å². The molecule has 7 heteroatoms. The van der Waals surface area contributed by atoms with Crippen LogP contribution in [0.15, 0.2) is 36.5 Å². The topological polar surface area (TPSA) is 45.9 Å². The van der Waals surface area contributed by atoms with Crippen LogP contribution in [0, 0.1) is 17.3 Å². The Hall–Kier alpha value is -2.62. The van der Waals surface area contributed by atoms with Crippen LogP contribution in [0.1, 0.15) is 5.56 Å². The second-order valence-corrected chi connectivity index (χ2v) is 4.07. The van der Waals surface area contributed by atoms with Crippen LogP contribution in [0.3, 0.4) is 0 Å². The second-order valence-electron chi connectivity index (χ2n) is 4.07. The largest absolute Gasteiger partial charge is 0.573 e. The van der Waals surface area contributed by atoms with Gasteiger partial charge in [0.05, 0.1) is 12.5 Å². The second kappa shape index (κ2) is 5.79. The van der Waals surface area contributed by atoms with Crippen molar-refractivity contribution in [1.82, 2.24) is 4.98 Å². The van der Waals surface area contributed by atoms with Crippen molar-refractivity contribution < 1.29 is 22.3 Å². The van der Waals surface area contributed by atoms with E-state index in [9.17, 15) is 17.6 Å². The van der Waals surface area contributed by atoms with Crippen molar-refractivity contribution in [2.24, 2.45) is 0 Å². The Bertz CT molecular complexity index is 675. The summed E-state index contributed by atoms with van der Waals surface area (Å²) >= 11 is 0. The standard InChI is InChI=1S/C14H8F4N2O/c15-13-7-10(5-6-19)12(8-20-13)9-1-3-11(4-2-9)21-14(16,17)18/h1-4,7-8H,5H2. The van der Waals surface area contributed by atoms with Crippen LogP contribution >= 0.6 is 0 Å². The van der Waals surface area contributed by atoms with Crippen LogP contribution in [0.5, 0.6) is 5.75 Å². The zero-order chi connectivity index (χ0) is 15.5. The molecule has 0 unspecified atom stereocenters. The van der Waals surface area contributed by atoms with Gasteiger partial charge in [-0.25, -0.2) is 4.98 Å². The molecule has 1 aromatic carbocycles. The lowest BCUT2D eigenvalue weighted by Crippen LogP contribution is -2.16. The molecule has 2 aromatic rings. The van der Waals surface area contributed by atoms with Crippen molar-refractivity contribution in [3.05, 3.63) is 48.0 Å². The molecule has 108 valence electrons. The van der Waals surface area contributed by atoms with Gasteiger partial charge in [0, 0.05) is 11.8 Å². The van der Waals surface area contributed by atoms with E-state index in [4.69, 9.17) is 5.26 Å². The van der Waals surface area contributed by atoms with Gasteiger partial charge in [-0.05, 0) is 29.3 Å². The molecule has 2 rings (SSSR count). The predicted octanol–water partition coefficient (Wildman–Crippen LogP) is 3.85. The van der Waals surface area contributed by atoms with Crippen LogP contribution < -0.4 is 4.74 Å². The summed E-state index contributed by atoms with van der Waals surface area (Å²) in [6.45, 7) is 0. The van der Waals surface area contributed by atoms with Gasteiger partial charge in [-0.15, -0.1) is 13.2 Å². The van der Waals surface area contributed by atoms with Crippen LogP contribution in [-0.4, -0.2) is 11.3 Å². The van der Waals surface area contributed by atoms with Crippen molar-refractivity contribution >= 4 is 0 Å². The Balaban J connectivity index is 2.33. The highest BCUT2D eigenvalue weighted by Gasteiger charge is 2.30.